The molecule has 39 heavy (non-hydrogen) atoms. The quantitative estimate of drug-likeness (QED) is 0.182. The number of hydrogen-bond acceptors (Lipinski definition) is 11. The number of hydrogen-bond donors (Lipinski definition) is 5. The lowest BCUT2D eigenvalue weighted by Gasteiger charge is -2.19. The number of nitriles is 2. The van der Waals surface area contributed by atoms with Gasteiger partial charge in [-0.2, -0.15) is 15.6 Å². The number of aromatic nitrogens is 3. The van der Waals surface area contributed by atoms with E-state index in [9.17, 15) is 33.7 Å². The molecule has 3 heterocycles. The predicted molar refractivity (Wildman–Crippen MR) is 137 cm³/mol. The van der Waals surface area contributed by atoms with Crippen molar-refractivity contribution in [3.05, 3.63) is 52.3 Å². The van der Waals surface area contributed by atoms with E-state index in [2.05, 4.69) is 21.5 Å². The number of anilines is 1. The first-order valence-electron chi connectivity index (χ1n) is 11.2. The van der Waals surface area contributed by atoms with Gasteiger partial charge in [-0.3, -0.25) is 4.57 Å². The van der Waals surface area contributed by atoms with Gasteiger partial charge in [0, 0.05) is 6.04 Å². The van der Waals surface area contributed by atoms with E-state index in [-0.39, 0.29) is 22.1 Å². The van der Waals surface area contributed by atoms with E-state index in [1.807, 2.05) is 6.07 Å². The van der Waals surface area contributed by atoms with Crippen molar-refractivity contribution >= 4 is 45.8 Å². The topological polar surface area (TPSA) is 232 Å². The molecule has 0 amide bonds. The molecule has 5 N–H and O–H groups in total. The van der Waals surface area contributed by atoms with Crippen LogP contribution in [0, 0.1) is 22.7 Å². The maximum atomic E-state index is 12.2. The molecule has 0 aliphatic carbocycles. The molecule has 1 fully saturated rings. The van der Waals surface area contributed by atoms with Gasteiger partial charge in [-0.25, -0.2) is 18.1 Å². The number of aliphatic hydroxyl groups excluding tert-OH is 2. The molecule has 17 heteroatoms. The third-order valence-electron chi connectivity index (χ3n) is 6.05. The fourth-order valence-electron chi connectivity index (χ4n) is 4.27. The van der Waals surface area contributed by atoms with E-state index >= 15 is 0 Å². The summed E-state index contributed by atoms with van der Waals surface area (Å²) in [6.45, 7) is 1.80. The van der Waals surface area contributed by atoms with Gasteiger partial charge in [0.05, 0.1) is 34.7 Å². The van der Waals surface area contributed by atoms with Crippen LogP contribution in [0.25, 0.3) is 11.0 Å². The standard InChI is InChI=1S/C22H22ClN6O8PS/c1-11(13-4-2-3-12(5-13)6-24)27-17-14(7-25)20(23)28-21-15(17)8-26-29(21)22-19(31)18(30)16(37-22)9-39(35,36)10-38(32,33)34/h2-5,8,11,16,18-19,22,30-31H,9-10H2,1H3,(H,27,28)(H2,32,33,34)/t11-,16+,18+,19+,22+/m0/s1. The fourth-order valence-corrected chi connectivity index (χ4v) is 7.74. The summed E-state index contributed by atoms with van der Waals surface area (Å²) in [5, 5.41) is 47.5. The number of fused-ring (bicyclic) bond motifs is 1. The van der Waals surface area contributed by atoms with Gasteiger partial charge in [0.25, 0.3) is 0 Å². The second-order valence-corrected chi connectivity index (χ2v) is 13.5. The molecular weight excluding hydrogens is 575 g/mol. The van der Waals surface area contributed by atoms with E-state index in [0.29, 0.717) is 10.9 Å². The summed E-state index contributed by atoms with van der Waals surface area (Å²) in [5.74, 6) is -0.967. The molecule has 1 saturated heterocycles. The maximum Gasteiger partial charge on any atom is 0.340 e. The van der Waals surface area contributed by atoms with Gasteiger partial charge in [0.15, 0.2) is 32.4 Å². The largest absolute Gasteiger partial charge is 0.387 e. The molecule has 14 nitrogen and oxygen atoms in total. The first-order chi connectivity index (χ1) is 18.2. The van der Waals surface area contributed by atoms with E-state index in [4.69, 9.17) is 26.1 Å². The Labute approximate surface area is 227 Å². The SMILES string of the molecule is C[C@H](Nc1c(C#N)c(Cl)nc2c1cnn2[C@@H]1O[C@H](CS(=O)(=O)CP(=O)(O)O)[C@@H](O)[C@H]1O)c1cccc(C#N)c1. The van der Waals surface area contributed by atoms with Gasteiger partial charge in [0.2, 0.25) is 0 Å². The van der Waals surface area contributed by atoms with Crippen LogP contribution in [0.4, 0.5) is 5.69 Å². The first kappa shape index (κ1) is 28.9. The lowest BCUT2D eigenvalue weighted by molar-refractivity contribution is -0.0364. The number of rotatable bonds is 8. The van der Waals surface area contributed by atoms with Crippen molar-refractivity contribution < 1.29 is 37.7 Å². The molecule has 5 atom stereocenters. The van der Waals surface area contributed by atoms with Crippen LogP contribution in [-0.4, -0.2) is 72.7 Å². The minimum Gasteiger partial charge on any atom is -0.387 e. The predicted octanol–water partition coefficient (Wildman–Crippen LogP) is 1.17. The normalized spacial score (nSPS) is 22.4. The Bertz CT molecular complexity index is 1660. The van der Waals surface area contributed by atoms with Crippen LogP contribution in [-0.2, 0) is 19.1 Å². The van der Waals surface area contributed by atoms with Crippen molar-refractivity contribution in [2.45, 2.75) is 37.5 Å². The summed E-state index contributed by atoms with van der Waals surface area (Å²) >= 11 is 6.30. The maximum absolute atomic E-state index is 12.2. The third kappa shape index (κ3) is 6.06. The zero-order valence-electron chi connectivity index (χ0n) is 20.1. The van der Waals surface area contributed by atoms with E-state index in [1.165, 1.54) is 6.20 Å². The summed E-state index contributed by atoms with van der Waals surface area (Å²) in [4.78, 5) is 22.2. The molecule has 0 bridgehead atoms. The summed E-state index contributed by atoms with van der Waals surface area (Å²) in [6.07, 6.45) is -5.08. The van der Waals surface area contributed by atoms with Crippen LogP contribution in [0.1, 0.15) is 35.9 Å². The van der Waals surface area contributed by atoms with Crippen molar-refractivity contribution in [1.29, 1.82) is 10.5 Å². The number of aliphatic hydroxyl groups is 2. The Morgan fingerprint density at radius 3 is 2.62 bits per heavy atom. The second-order valence-electron chi connectivity index (χ2n) is 8.94. The molecule has 1 aliphatic heterocycles. The highest BCUT2D eigenvalue weighted by Crippen LogP contribution is 2.39. The minimum atomic E-state index is -4.91. The monoisotopic (exact) mass is 596 g/mol. The number of halogens is 1. The number of sulfone groups is 1. The lowest BCUT2D eigenvalue weighted by atomic mass is 10.0. The van der Waals surface area contributed by atoms with Gasteiger partial charge in [-0.15, -0.1) is 0 Å². The Morgan fingerprint density at radius 2 is 1.97 bits per heavy atom. The number of nitrogens with one attached hydrogen (secondary N) is 1. The van der Waals surface area contributed by atoms with Crippen LogP contribution in [0.5, 0.6) is 0 Å². The molecular formula is C22H22ClN6O8PS. The van der Waals surface area contributed by atoms with Gasteiger partial charge < -0.3 is 30.1 Å². The molecule has 0 saturated carbocycles. The number of benzene rings is 1. The van der Waals surface area contributed by atoms with Gasteiger partial charge in [-0.1, -0.05) is 23.7 Å². The molecule has 3 aromatic rings. The third-order valence-corrected chi connectivity index (χ3v) is 10.1. The highest BCUT2D eigenvalue weighted by atomic mass is 35.5. The highest BCUT2D eigenvalue weighted by Gasteiger charge is 2.47. The second kappa shape index (κ2) is 10.8. The molecule has 206 valence electrons. The van der Waals surface area contributed by atoms with E-state index in [1.54, 1.807) is 31.2 Å². The molecule has 0 radical (unpaired) electrons. The van der Waals surface area contributed by atoms with Gasteiger partial charge in [0.1, 0.15) is 29.9 Å². The van der Waals surface area contributed by atoms with Crippen molar-refractivity contribution in [3.8, 4) is 12.1 Å². The van der Waals surface area contributed by atoms with Crippen LogP contribution >= 0.6 is 19.2 Å². The molecule has 4 rings (SSSR count). The Hall–Kier alpha value is -3.11. The summed E-state index contributed by atoms with van der Waals surface area (Å²) in [5.41, 5.74) is 0.0220. The fraction of sp³-hybridized carbons (Fsp3) is 0.364. The van der Waals surface area contributed by atoms with E-state index in [0.717, 1.165) is 10.2 Å². The van der Waals surface area contributed by atoms with Crippen molar-refractivity contribution in [1.82, 2.24) is 14.8 Å². The van der Waals surface area contributed by atoms with Crippen LogP contribution in [0.3, 0.4) is 0 Å². The molecule has 1 aromatic carbocycles. The van der Waals surface area contributed by atoms with Crippen molar-refractivity contribution in [2.24, 2.45) is 0 Å². The summed E-state index contributed by atoms with van der Waals surface area (Å²) in [6, 6.07) is 10.5. The molecule has 2 aromatic heterocycles. The summed E-state index contributed by atoms with van der Waals surface area (Å²) in [7, 11) is -9.28. The molecule has 1 aliphatic rings. The van der Waals surface area contributed by atoms with Crippen molar-refractivity contribution in [2.75, 3.05) is 16.6 Å². The Balaban J connectivity index is 1.69. The summed E-state index contributed by atoms with van der Waals surface area (Å²) < 4.78 is 42.2. The first-order valence-corrected chi connectivity index (χ1v) is 15.2. The number of ether oxygens (including phenoxy) is 1. The zero-order chi connectivity index (χ0) is 28.7. The smallest absolute Gasteiger partial charge is 0.340 e. The number of nitrogens with zero attached hydrogens (tertiary/aromatic N) is 5. The Morgan fingerprint density at radius 1 is 1.26 bits per heavy atom. The average molecular weight is 597 g/mol. The lowest BCUT2D eigenvalue weighted by Crippen LogP contribution is -2.36. The zero-order valence-corrected chi connectivity index (χ0v) is 22.5. The van der Waals surface area contributed by atoms with Crippen LogP contribution < -0.4 is 5.32 Å². The Kier molecular flexibility index (Phi) is 8.01. The van der Waals surface area contributed by atoms with E-state index < -0.39 is 59.3 Å². The molecule has 0 spiro atoms. The average Bonchev–Trinajstić information content (AvgIpc) is 3.38. The van der Waals surface area contributed by atoms with Gasteiger partial charge >= 0.3 is 7.60 Å². The van der Waals surface area contributed by atoms with Crippen molar-refractivity contribution in [3.63, 3.8) is 0 Å². The highest BCUT2D eigenvalue weighted by molar-refractivity contribution is 7.97. The van der Waals surface area contributed by atoms with Crippen LogP contribution in [0.2, 0.25) is 5.15 Å². The minimum absolute atomic E-state index is 0.00124. The molecule has 0 unspecified atom stereocenters. The number of pyridine rings is 1. The van der Waals surface area contributed by atoms with Gasteiger partial charge in [-0.05, 0) is 24.6 Å². The van der Waals surface area contributed by atoms with Crippen LogP contribution in [0.15, 0.2) is 30.5 Å².